The highest BCUT2D eigenvalue weighted by atomic mass is 79.9. The molecule has 1 N–H and O–H groups in total. The number of nitrogens with zero attached hydrogens (tertiary/aromatic N) is 2. The van der Waals surface area contributed by atoms with E-state index in [2.05, 4.69) is 21.2 Å². The summed E-state index contributed by atoms with van der Waals surface area (Å²) in [5, 5.41) is 3.14. The molecule has 8 nitrogen and oxygen atoms in total. The van der Waals surface area contributed by atoms with Crippen LogP contribution in [0.25, 0.3) is 0 Å². The van der Waals surface area contributed by atoms with Crippen LogP contribution in [0.2, 0.25) is 0 Å². The van der Waals surface area contributed by atoms with Crippen LogP contribution >= 0.6 is 15.9 Å². The molecule has 0 bridgehead atoms. The molecule has 10 heteroatoms. The minimum Gasteiger partial charge on any atom is -0.494 e. The maximum Gasteiger partial charge on any atom is 0.264 e. The van der Waals surface area contributed by atoms with Crippen molar-refractivity contribution in [2.75, 3.05) is 17.5 Å². The van der Waals surface area contributed by atoms with Crippen LogP contribution in [0.4, 0.5) is 5.69 Å². The van der Waals surface area contributed by atoms with Crippen LogP contribution in [-0.4, -0.2) is 50.4 Å². The van der Waals surface area contributed by atoms with E-state index in [1.807, 2.05) is 45.0 Å². The molecule has 0 radical (unpaired) electrons. The van der Waals surface area contributed by atoms with Gasteiger partial charge in [-0.1, -0.05) is 65.5 Å². The molecular weight excluding hydrogens is 630 g/mol. The number of ether oxygens (including phenoxy) is 1. The molecule has 0 spiro atoms. The molecular formula is C33H40BrN3O5S. The van der Waals surface area contributed by atoms with Crippen LogP contribution in [0, 0.1) is 6.92 Å². The van der Waals surface area contributed by atoms with E-state index in [9.17, 15) is 18.0 Å². The molecule has 230 valence electrons. The van der Waals surface area contributed by atoms with Crippen molar-refractivity contribution in [1.29, 1.82) is 0 Å². The Morgan fingerprint density at radius 3 is 2.28 bits per heavy atom. The zero-order chi connectivity index (χ0) is 31.0. The first-order valence-electron chi connectivity index (χ1n) is 14.8. The lowest BCUT2D eigenvalue weighted by Gasteiger charge is -2.34. The van der Waals surface area contributed by atoms with Gasteiger partial charge in [0.2, 0.25) is 11.8 Å². The van der Waals surface area contributed by atoms with Gasteiger partial charge in [0.25, 0.3) is 10.0 Å². The molecule has 1 aliphatic carbocycles. The van der Waals surface area contributed by atoms with Gasteiger partial charge in [-0.05, 0) is 87.2 Å². The van der Waals surface area contributed by atoms with Gasteiger partial charge in [0.15, 0.2) is 0 Å². The van der Waals surface area contributed by atoms with E-state index in [-0.39, 0.29) is 23.4 Å². The summed E-state index contributed by atoms with van der Waals surface area (Å²) in [6.45, 7) is 5.87. The van der Waals surface area contributed by atoms with Crippen LogP contribution in [0.5, 0.6) is 5.75 Å². The summed E-state index contributed by atoms with van der Waals surface area (Å²) in [5.41, 5.74) is 2.21. The zero-order valence-electron chi connectivity index (χ0n) is 25.0. The van der Waals surface area contributed by atoms with Crippen molar-refractivity contribution in [1.82, 2.24) is 10.2 Å². The summed E-state index contributed by atoms with van der Waals surface area (Å²) in [4.78, 5) is 29.4. The standard InChI is InChI=1S/C33H40BrN3O5S/c1-4-31(33(39)35-27-11-6-7-12-27)36(22-25-10-8-9-24(3)21-25)32(38)23-37(28-15-17-29(18-16-28)42-5-2)43(40,41)30-19-13-26(34)14-20-30/h8-10,13-21,27,31H,4-7,11-12,22-23H2,1-3H3,(H,35,39)/t31-/m1/s1. The smallest absolute Gasteiger partial charge is 0.264 e. The van der Waals surface area contributed by atoms with E-state index < -0.39 is 28.5 Å². The van der Waals surface area contributed by atoms with Crippen LogP contribution in [0.15, 0.2) is 82.2 Å². The summed E-state index contributed by atoms with van der Waals surface area (Å²) >= 11 is 3.36. The van der Waals surface area contributed by atoms with Crippen molar-refractivity contribution >= 4 is 43.5 Å². The second-order valence-electron chi connectivity index (χ2n) is 10.8. The van der Waals surface area contributed by atoms with Gasteiger partial charge in [0.05, 0.1) is 17.2 Å². The van der Waals surface area contributed by atoms with Gasteiger partial charge in [-0.25, -0.2) is 8.42 Å². The first-order chi connectivity index (χ1) is 20.6. The molecule has 43 heavy (non-hydrogen) atoms. The molecule has 0 saturated heterocycles. The third-order valence-corrected chi connectivity index (χ3v) is 9.96. The predicted molar refractivity (Wildman–Crippen MR) is 172 cm³/mol. The molecule has 4 rings (SSSR count). The molecule has 1 atom stereocenters. The average Bonchev–Trinajstić information content (AvgIpc) is 3.49. The van der Waals surface area contributed by atoms with Gasteiger partial charge in [-0.3, -0.25) is 13.9 Å². The van der Waals surface area contributed by atoms with Gasteiger partial charge < -0.3 is 15.0 Å². The molecule has 1 fully saturated rings. The molecule has 0 aliphatic heterocycles. The summed E-state index contributed by atoms with van der Waals surface area (Å²) < 4.78 is 35.5. The number of rotatable bonds is 13. The lowest BCUT2D eigenvalue weighted by Crippen LogP contribution is -2.53. The molecule has 2 amide bonds. The number of nitrogens with one attached hydrogen (secondary N) is 1. The summed E-state index contributed by atoms with van der Waals surface area (Å²) in [7, 11) is -4.15. The fourth-order valence-corrected chi connectivity index (χ4v) is 7.11. The average molecular weight is 671 g/mol. The quantitative estimate of drug-likeness (QED) is 0.233. The highest BCUT2D eigenvalue weighted by molar-refractivity contribution is 9.10. The first kappa shape index (κ1) is 32.5. The first-order valence-corrected chi connectivity index (χ1v) is 17.0. The number of carbonyl (C=O) groups excluding carboxylic acids is 2. The number of halogens is 1. The molecule has 0 heterocycles. The van der Waals surface area contributed by atoms with Gasteiger partial charge in [0, 0.05) is 17.1 Å². The van der Waals surface area contributed by atoms with Crippen molar-refractivity contribution in [2.45, 2.75) is 76.4 Å². The molecule has 0 unspecified atom stereocenters. The third-order valence-electron chi connectivity index (χ3n) is 7.64. The van der Waals surface area contributed by atoms with Gasteiger partial charge >= 0.3 is 0 Å². The SMILES string of the molecule is CCOc1ccc(N(CC(=O)N(Cc2cccc(C)c2)[C@H](CC)C(=O)NC2CCCC2)S(=O)(=O)c2ccc(Br)cc2)cc1. The van der Waals surface area contributed by atoms with Crippen molar-refractivity contribution in [2.24, 2.45) is 0 Å². The zero-order valence-corrected chi connectivity index (χ0v) is 27.4. The highest BCUT2D eigenvalue weighted by Crippen LogP contribution is 2.28. The number of sulfonamides is 1. The van der Waals surface area contributed by atoms with E-state index in [4.69, 9.17) is 4.74 Å². The Balaban J connectivity index is 1.71. The monoisotopic (exact) mass is 669 g/mol. The number of hydrogen-bond donors (Lipinski definition) is 1. The Morgan fingerprint density at radius 1 is 1.00 bits per heavy atom. The largest absolute Gasteiger partial charge is 0.494 e. The van der Waals surface area contributed by atoms with E-state index in [1.165, 1.54) is 17.0 Å². The Hall–Kier alpha value is -3.37. The van der Waals surface area contributed by atoms with Gasteiger partial charge in [-0.2, -0.15) is 0 Å². The van der Waals surface area contributed by atoms with Crippen molar-refractivity contribution in [3.8, 4) is 5.75 Å². The molecule has 1 aliphatic rings. The molecule has 3 aromatic carbocycles. The summed E-state index contributed by atoms with van der Waals surface area (Å²) in [5.74, 6) is -0.0856. The lowest BCUT2D eigenvalue weighted by atomic mass is 10.1. The van der Waals surface area contributed by atoms with Crippen LogP contribution in [0.1, 0.15) is 57.1 Å². The predicted octanol–water partition coefficient (Wildman–Crippen LogP) is 6.22. The van der Waals surface area contributed by atoms with Crippen LogP contribution < -0.4 is 14.4 Å². The van der Waals surface area contributed by atoms with Gasteiger partial charge in [0.1, 0.15) is 18.3 Å². The summed E-state index contributed by atoms with van der Waals surface area (Å²) in [6, 6.07) is 20.0. The summed E-state index contributed by atoms with van der Waals surface area (Å²) in [6.07, 6.45) is 4.37. The Bertz CT molecular complexity index is 1490. The van der Waals surface area contributed by atoms with Crippen molar-refractivity contribution in [3.63, 3.8) is 0 Å². The van der Waals surface area contributed by atoms with E-state index in [1.54, 1.807) is 36.4 Å². The van der Waals surface area contributed by atoms with Crippen molar-refractivity contribution in [3.05, 3.63) is 88.4 Å². The fraction of sp³-hybridized carbons (Fsp3) is 0.394. The number of anilines is 1. The van der Waals surface area contributed by atoms with Crippen molar-refractivity contribution < 1.29 is 22.7 Å². The molecule has 0 aromatic heterocycles. The normalized spacial score (nSPS) is 14.2. The Morgan fingerprint density at radius 2 is 1.67 bits per heavy atom. The number of carbonyl (C=O) groups is 2. The third kappa shape index (κ3) is 8.38. The topological polar surface area (TPSA) is 96.0 Å². The number of hydrogen-bond acceptors (Lipinski definition) is 5. The highest BCUT2D eigenvalue weighted by Gasteiger charge is 2.34. The Labute approximate surface area is 263 Å². The van der Waals surface area contributed by atoms with Gasteiger partial charge in [-0.15, -0.1) is 0 Å². The fourth-order valence-electron chi connectivity index (χ4n) is 5.43. The minimum atomic E-state index is -4.15. The minimum absolute atomic E-state index is 0.0497. The van der Waals surface area contributed by atoms with E-state index in [0.717, 1.165) is 45.6 Å². The Kier molecular flexibility index (Phi) is 11.3. The maximum absolute atomic E-state index is 14.3. The number of benzene rings is 3. The second-order valence-corrected chi connectivity index (χ2v) is 13.6. The van der Waals surface area contributed by atoms with E-state index in [0.29, 0.717) is 24.5 Å². The van der Waals surface area contributed by atoms with Crippen LogP contribution in [-0.2, 0) is 26.2 Å². The molecule has 1 saturated carbocycles. The maximum atomic E-state index is 14.3. The lowest BCUT2D eigenvalue weighted by molar-refractivity contribution is -0.140. The second kappa shape index (κ2) is 14.9. The van der Waals surface area contributed by atoms with E-state index >= 15 is 0 Å². The number of amides is 2. The number of aryl methyl sites for hydroxylation is 1. The molecule has 3 aromatic rings. The van der Waals surface area contributed by atoms with Crippen LogP contribution in [0.3, 0.4) is 0 Å².